The summed E-state index contributed by atoms with van der Waals surface area (Å²) >= 11 is 0. The molecule has 4 N–H and O–H groups in total. The lowest BCUT2D eigenvalue weighted by atomic mass is 10.1. The summed E-state index contributed by atoms with van der Waals surface area (Å²) in [4.78, 5) is 10.9. The summed E-state index contributed by atoms with van der Waals surface area (Å²) in [5.41, 5.74) is 1.47. The van der Waals surface area contributed by atoms with E-state index in [1.54, 1.807) is 48.5 Å². The van der Waals surface area contributed by atoms with E-state index in [0.29, 0.717) is 25.4 Å². The Morgan fingerprint density at radius 3 is 2.42 bits per heavy atom. The number of amides is 1. The van der Waals surface area contributed by atoms with Crippen LogP contribution in [-0.2, 0) is 4.79 Å². The molecule has 0 saturated heterocycles. The van der Waals surface area contributed by atoms with E-state index >= 15 is 0 Å². The van der Waals surface area contributed by atoms with Crippen LogP contribution in [0, 0.1) is 0 Å². The monoisotopic (exact) mass is 330 g/mol. The van der Waals surface area contributed by atoms with E-state index < -0.39 is 6.10 Å². The van der Waals surface area contributed by atoms with Crippen LogP contribution in [-0.4, -0.2) is 35.8 Å². The summed E-state index contributed by atoms with van der Waals surface area (Å²) in [6.07, 6.45) is -0.637. The summed E-state index contributed by atoms with van der Waals surface area (Å²) in [6, 6.07) is 13.6. The number of phenols is 1. The smallest absolute Gasteiger partial charge is 0.221 e. The summed E-state index contributed by atoms with van der Waals surface area (Å²) in [5.74, 6) is 0.780. The molecular formula is C18H22N2O4. The molecule has 1 unspecified atom stereocenters. The highest BCUT2D eigenvalue weighted by atomic mass is 16.5. The van der Waals surface area contributed by atoms with Crippen molar-refractivity contribution in [2.75, 3.05) is 25.0 Å². The zero-order valence-electron chi connectivity index (χ0n) is 13.5. The lowest BCUT2D eigenvalue weighted by Gasteiger charge is -2.13. The zero-order chi connectivity index (χ0) is 17.4. The molecule has 0 aromatic heterocycles. The first kappa shape index (κ1) is 17.8. The maximum atomic E-state index is 10.9. The number of carbonyl (C=O) groups excluding carboxylic acids is 1. The second kappa shape index (κ2) is 8.90. The average molecular weight is 330 g/mol. The van der Waals surface area contributed by atoms with E-state index in [1.165, 1.54) is 6.92 Å². The highest BCUT2D eigenvalue weighted by Crippen LogP contribution is 2.16. The highest BCUT2D eigenvalue weighted by molar-refractivity contribution is 5.88. The van der Waals surface area contributed by atoms with Crippen LogP contribution in [0.4, 0.5) is 5.69 Å². The largest absolute Gasteiger partial charge is 0.508 e. The lowest BCUT2D eigenvalue weighted by Crippen LogP contribution is -2.26. The number of aliphatic hydroxyl groups excluding tert-OH is 1. The van der Waals surface area contributed by atoms with Crippen molar-refractivity contribution < 1.29 is 19.7 Å². The Labute approximate surface area is 141 Å². The van der Waals surface area contributed by atoms with Gasteiger partial charge in [-0.25, -0.2) is 0 Å². The van der Waals surface area contributed by atoms with Gasteiger partial charge in [-0.3, -0.25) is 4.79 Å². The number of rotatable bonds is 8. The van der Waals surface area contributed by atoms with Gasteiger partial charge in [0.05, 0.1) is 6.10 Å². The number of aliphatic hydroxyl groups is 1. The van der Waals surface area contributed by atoms with E-state index in [2.05, 4.69) is 10.6 Å². The maximum absolute atomic E-state index is 10.9. The molecular weight excluding hydrogens is 308 g/mol. The van der Waals surface area contributed by atoms with Crippen LogP contribution < -0.4 is 15.4 Å². The van der Waals surface area contributed by atoms with Crippen LogP contribution in [0.15, 0.2) is 48.5 Å². The summed E-state index contributed by atoms with van der Waals surface area (Å²) in [7, 11) is 0. The molecule has 24 heavy (non-hydrogen) atoms. The van der Waals surface area contributed by atoms with Crippen molar-refractivity contribution in [3.63, 3.8) is 0 Å². The Kier molecular flexibility index (Phi) is 6.60. The molecule has 0 aliphatic rings. The van der Waals surface area contributed by atoms with Gasteiger partial charge in [-0.15, -0.1) is 0 Å². The minimum absolute atomic E-state index is 0.111. The highest BCUT2D eigenvalue weighted by Gasteiger charge is 2.06. The van der Waals surface area contributed by atoms with Gasteiger partial charge in [-0.05, 0) is 42.0 Å². The number of nitrogens with one attached hydrogen (secondary N) is 2. The SMILES string of the molecule is CC(=O)Nc1ccc(OCCNCC(O)c2ccc(O)cc2)cc1. The molecule has 0 spiro atoms. The van der Waals surface area contributed by atoms with Crippen molar-refractivity contribution >= 4 is 11.6 Å². The van der Waals surface area contributed by atoms with Crippen molar-refractivity contribution in [1.82, 2.24) is 5.32 Å². The number of anilines is 1. The number of carbonyl (C=O) groups is 1. The normalized spacial score (nSPS) is 11.8. The van der Waals surface area contributed by atoms with Crippen LogP contribution in [0.2, 0.25) is 0 Å². The van der Waals surface area contributed by atoms with E-state index in [-0.39, 0.29) is 11.7 Å². The fourth-order valence-corrected chi connectivity index (χ4v) is 2.13. The molecule has 0 bridgehead atoms. The van der Waals surface area contributed by atoms with Gasteiger partial charge in [0.25, 0.3) is 0 Å². The van der Waals surface area contributed by atoms with Crippen molar-refractivity contribution in [2.45, 2.75) is 13.0 Å². The second-order valence-corrected chi connectivity index (χ2v) is 5.37. The molecule has 2 aromatic rings. The van der Waals surface area contributed by atoms with E-state index in [0.717, 1.165) is 11.3 Å². The van der Waals surface area contributed by atoms with Gasteiger partial charge in [-0.2, -0.15) is 0 Å². The minimum atomic E-state index is -0.637. The lowest BCUT2D eigenvalue weighted by molar-refractivity contribution is -0.114. The first-order valence-electron chi connectivity index (χ1n) is 7.73. The molecule has 0 radical (unpaired) electrons. The number of phenolic OH excluding ortho intramolecular Hbond substituents is 1. The van der Waals surface area contributed by atoms with Crippen LogP contribution in [0.1, 0.15) is 18.6 Å². The third-order valence-electron chi connectivity index (χ3n) is 3.34. The zero-order valence-corrected chi connectivity index (χ0v) is 13.5. The van der Waals surface area contributed by atoms with E-state index in [4.69, 9.17) is 4.74 Å². The fourth-order valence-electron chi connectivity index (χ4n) is 2.13. The number of aromatic hydroxyl groups is 1. The van der Waals surface area contributed by atoms with Gasteiger partial charge in [0, 0.05) is 25.7 Å². The topological polar surface area (TPSA) is 90.8 Å². The van der Waals surface area contributed by atoms with Gasteiger partial charge in [0.15, 0.2) is 0 Å². The standard InChI is InChI=1S/C18H22N2O4/c1-13(21)20-15-4-8-17(9-5-15)24-11-10-19-12-18(23)14-2-6-16(22)7-3-14/h2-9,18-19,22-23H,10-12H2,1H3,(H,20,21). The predicted octanol–water partition coefficient (Wildman–Crippen LogP) is 2.05. The molecule has 6 nitrogen and oxygen atoms in total. The number of benzene rings is 2. The van der Waals surface area contributed by atoms with Gasteiger partial charge in [-0.1, -0.05) is 12.1 Å². The van der Waals surface area contributed by atoms with Crippen LogP contribution in [0.25, 0.3) is 0 Å². The number of hydrogen-bond acceptors (Lipinski definition) is 5. The summed E-state index contributed by atoms with van der Waals surface area (Å²) in [6.45, 7) is 2.91. The first-order chi connectivity index (χ1) is 11.5. The Bertz CT molecular complexity index is 641. The summed E-state index contributed by atoms with van der Waals surface area (Å²) in [5, 5.41) is 25.0. The quantitative estimate of drug-likeness (QED) is 0.556. The molecule has 2 rings (SSSR count). The molecule has 6 heteroatoms. The Hall–Kier alpha value is -2.57. The second-order valence-electron chi connectivity index (χ2n) is 5.37. The number of ether oxygens (including phenoxy) is 1. The Morgan fingerprint density at radius 2 is 1.79 bits per heavy atom. The molecule has 0 fully saturated rings. The van der Waals surface area contributed by atoms with E-state index in [9.17, 15) is 15.0 Å². The summed E-state index contributed by atoms with van der Waals surface area (Å²) < 4.78 is 5.58. The molecule has 128 valence electrons. The molecule has 2 aromatic carbocycles. The van der Waals surface area contributed by atoms with Gasteiger partial charge in [0.1, 0.15) is 18.1 Å². The molecule has 0 saturated carbocycles. The molecule has 0 aliphatic heterocycles. The predicted molar refractivity (Wildman–Crippen MR) is 92.2 cm³/mol. The fraction of sp³-hybridized carbons (Fsp3) is 0.278. The van der Waals surface area contributed by atoms with Crippen LogP contribution in [0.5, 0.6) is 11.5 Å². The van der Waals surface area contributed by atoms with Crippen molar-refractivity contribution in [3.05, 3.63) is 54.1 Å². The van der Waals surface area contributed by atoms with Crippen molar-refractivity contribution in [2.24, 2.45) is 0 Å². The maximum Gasteiger partial charge on any atom is 0.221 e. The third-order valence-corrected chi connectivity index (χ3v) is 3.34. The molecule has 1 atom stereocenters. The number of hydrogen-bond donors (Lipinski definition) is 4. The molecule has 1 amide bonds. The molecule has 0 aliphatic carbocycles. The Morgan fingerprint density at radius 1 is 1.12 bits per heavy atom. The first-order valence-corrected chi connectivity index (χ1v) is 7.73. The van der Waals surface area contributed by atoms with Crippen molar-refractivity contribution in [1.29, 1.82) is 0 Å². The van der Waals surface area contributed by atoms with Gasteiger partial charge in [0.2, 0.25) is 5.91 Å². The molecule has 0 heterocycles. The minimum Gasteiger partial charge on any atom is -0.508 e. The van der Waals surface area contributed by atoms with Gasteiger partial charge >= 0.3 is 0 Å². The van der Waals surface area contributed by atoms with Crippen LogP contribution in [0.3, 0.4) is 0 Å². The Balaban J connectivity index is 1.65. The van der Waals surface area contributed by atoms with Crippen LogP contribution >= 0.6 is 0 Å². The van der Waals surface area contributed by atoms with E-state index in [1.807, 2.05) is 0 Å². The average Bonchev–Trinajstić information content (AvgIpc) is 2.56. The third kappa shape index (κ3) is 5.91. The van der Waals surface area contributed by atoms with Crippen molar-refractivity contribution in [3.8, 4) is 11.5 Å². The van der Waals surface area contributed by atoms with Gasteiger partial charge < -0.3 is 25.6 Å².